The van der Waals surface area contributed by atoms with Crippen molar-refractivity contribution in [2.24, 2.45) is 10.7 Å². The number of hydrogen-bond donors (Lipinski definition) is 1. The van der Waals surface area contributed by atoms with E-state index in [4.69, 9.17) is 47.9 Å². The molecule has 0 amide bonds. The van der Waals surface area contributed by atoms with Crippen LogP contribution in [-0.4, -0.2) is 46.1 Å². The Kier molecular flexibility index (Phi) is 7.93. The van der Waals surface area contributed by atoms with E-state index in [2.05, 4.69) is 4.99 Å². The van der Waals surface area contributed by atoms with Crippen LogP contribution in [-0.2, 0) is 24.7 Å². The summed E-state index contributed by atoms with van der Waals surface area (Å²) in [5, 5.41) is 1.10. The molecule has 6 nitrogen and oxygen atoms in total. The van der Waals surface area contributed by atoms with E-state index in [1.165, 1.54) is 0 Å². The van der Waals surface area contributed by atoms with Crippen molar-refractivity contribution in [3.63, 3.8) is 0 Å². The van der Waals surface area contributed by atoms with Gasteiger partial charge in [0.1, 0.15) is 0 Å². The minimum absolute atomic E-state index is 0.361. The van der Waals surface area contributed by atoms with Crippen LogP contribution in [0.5, 0.6) is 0 Å². The van der Waals surface area contributed by atoms with Gasteiger partial charge in [-0.05, 0) is 18.6 Å². The van der Waals surface area contributed by atoms with Crippen molar-refractivity contribution in [2.45, 2.75) is 31.3 Å². The summed E-state index contributed by atoms with van der Waals surface area (Å²) < 4.78 is 21.9. The van der Waals surface area contributed by atoms with Gasteiger partial charge >= 0.3 is 0 Å². The molecule has 140 valence electrons. The molecule has 1 aromatic rings. The number of amidine groups is 1. The van der Waals surface area contributed by atoms with Crippen molar-refractivity contribution in [1.29, 1.82) is 0 Å². The number of methoxy groups -OCH3 is 2. The van der Waals surface area contributed by atoms with E-state index in [1.54, 1.807) is 26.4 Å². The zero-order chi connectivity index (χ0) is 18.3. The van der Waals surface area contributed by atoms with Crippen molar-refractivity contribution in [2.75, 3.05) is 34.0 Å². The van der Waals surface area contributed by atoms with Crippen molar-refractivity contribution in [1.82, 2.24) is 0 Å². The third-order valence-electron chi connectivity index (χ3n) is 4.00. The summed E-state index contributed by atoms with van der Waals surface area (Å²) in [5.41, 5.74) is 6.74. The minimum atomic E-state index is -0.858. The third kappa shape index (κ3) is 5.54. The van der Waals surface area contributed by atoms with Crippen molar-refractivity contribution in [3.05, 3.63) is 33.8 Å². The highest BCUT2D eigenvalue weighted by Crippen LogP contribution is 2.40. The Morgan fingerprint density at radius 2 is 1.96 bits per heavy atom. The quantitative estimate of drug-likeness (QED) is 0.397. The number of halogens is 2. The first-order valence-electron chi connectivity index (χ1n) is 8.08. The summed E-state index contributed by atoms with van der Waals surface area (Å²) in [6.07, 6.45) is 1.57. The predicted molar refractivity (Wildman–Crippen MR) is 98.2 cm³/mol. The Labute approximate surface area is 158 Å². The summed E-state index contributed by atoms with van der Waals surface area (Å²) >= 11 is 12.3. The third-order valence-corrected chi connectivity index (χ3v) is 4.55. The van der Waals surface area contributed by atoms with E-state index >= 15 is 0 Å². The summed E-state index contributed by atoms with van der Waals surface area (Å²) in [6.45, 7) is 1.40. The largest absolute Gasteiger partial charge is 0.387 e. The molecule has 0 aromatic heterocycles. The lowest BCUT2D eigenvalue weighted by atomic mass is 9.99. The lowest BCUT2D eigenvalue weighted by Crippen LogP contribution is -2.28. The van der Waals surface area contributed by atoms with E-state index in [1.807, 2.05) is 6.07 Å². The van der Waals surface area contributed by atoms with E-state index in [0.717, 1.165) is 12.0 Å². The molecule has 1 aromatic carbocycles. The SMILES string of the molecule is COC(CN=C(N)CCCC1(c2ccc(Cl)cc2Cl)OCCO1)OC. The van der Waals surface area contributed by atoms with Gasteiger partial charge in [-0.3, -0.25) is 4.99 Å². The summed E-state index contributed by atoms with van der Waals surface area (Å²) in [4.78, 5) is 4.27. The van der Waals surface area contributed by atoms with Crippen LogP contribution >= 0.6 is 23.2 Å². The Morgan fingerprint density at radius 3 is 2.56 bits per heavy atom. The van der Waals surface area contributed by atoms with Gasteiger partial charge in [-0.2, -0.15) is 0 Å². The molecule has 0 saturated carbocycles. The van der Waals surface area contributed by atoms with Gasteiger partial charge in [0, 0.05) is 37.6 Å². The first kappa shape index (κ1) is 20.4. The van der Waals surface area contributed by atoms with Gasteiger partial charge < -0.3 is 24.7 Å². The molecule has 1 fully saturated rings. The topological polar surface area (TPSA) is 75.3 Å². The molecule has 0 spiro atoms. The molecule has 1 aliphatic heterocycles. The van der Waals surface area contributed by atoms with Gasteiger partial charge in [0.05, 0.1) is 30.6 Å². The monoisotopic (exact) mass is 390 g/mol. The molecular weight excluding hydrogens is 367 g/mol. The second kappa shape index (κ2) is 9.71. The number of hydrogen-bond acceptors (Lipinski definition) is 5. The Morgan fingerprint density at radius 1 is 1.28 bits per heavy atom. The molecule has 2 N–H and O–H groups in total. The molecule has 0 aliphatic carbocycles. The second-order valence-corrected chi connectivity index (χ2v) is 6.50. The normalized spacial score (nSPS) is 17.4. The Hall–Kier alpha value is -0.890. The van der Waals surface area contributed by atoms with Gasteiger partial charge in [-0.1, -0.05) is 29.3 Å². The molecule has 2 rings (SSSR count). The number of aliphatic imine (C=N–C) groups is 1. The van der Waals surface area contributed by atoms with E-state index in [9.17, 15) is 0 Å². The van der Waals surface area contributed by atoms with Crippen LogP contribution in [0.2, 0.25) is 10.0 Å². The maximum atomic E-state index is 6.34. The molecule has 8 heteroatoms. The van der Waals surface area contributed by atoms with Gasteiger partial charge in [0.15, 0.2) is 12.1 Å². The summed E-state index contributed by atoms with van der Waals surface area (Å²) in [6, 6.07) is 5.31. The Balaban J connectivity index is 1.97. The summed E-state index contributed by atoms with van der Waals surface area (Å²) in [5.74, 6) is -0.321. The molecular formula is C17H24Cl2N2O4. The number of nitrogens with two attached hydrogens (primary N) is 1. The van der Waals surface area contributed by atoms with E-state index in [-0.39, 0.29) is 6.29 Å². The molecule has 1 saturated heterocycles. The predicted octanol–water partition coefficient (Wildman–Crippen LogP) is 3.34. The highest BCUT2D eigenvalue weighted by atomic mass is 35.5. The minimum Gasteiger partial charge on any atom is -0.387 e. The maximum absolute atomic E-state index is 6.34. The first-order chi connectivity index (χ1) is 12.0. The molecule has 25 heavy (non-hydrogen) atoms. The number of benzene rings is 1. The van der Waals surface area contributed by atoms with Crippen molar-refractivity contribution >= 4 is 29.0 Å². The number of ether oxygens (including phenoxy) is 4. The van der Waals surface area contributed by atoms with E-state index in [0.29, 0.717) is 48.5 Å². The molecule has 0 radical (unpaired) electrons. The van der Waals surface area contributed by atoms with Crippen LogP contribution in [0.3, 0.4) is 0 Å². The molecule has 1 heterocycles. The average Bonchev–Trinajstić information content (AvgIpc) is 3.05. The van der Waals surface area contributed by atoms with Crippen LogP contribution in [0.15, 0.2) is 23.2 Å². The summed E-state index contributed by atoms with van der Waals surface area (Å²) in [7, 11) is 3.13. The van der Waals surface area contributed by atoms with Crippen molar-refractivity contribution < 1.29 is 18.9 Å². The zero-order valence-electron chi connectivity index (χ0n) is 14.5. The average molecular weight is 391 g/mol. The van der Waals surface area contributed by atoms with Crippen molar-refractivity contribution in [3.8, 4) is 0 Å². The highest BCUT2D eigenvalue weighted by Gasteiger charge is 2.39. The lowest BCUT2D eigenvalue weighted by molar-refractivity contribution is -0.171. The smallest absolute Gasteiger partial charge is 0.196 e. The molecule has 0 unspecified atom stereocenters. The second-order valence-electron chi connectivity index (χ2n) is 5.66. The fraction of sp³-hybridized carbons (Fsp3) is 0.588. The van der Waals surface area contributed by atoms with Gasteiger partial charge in [0.25, 0.3) is 0 Å². The number of rotatable bonds is 9. The molecule has 0 bridgehead atoms. The van der Waals surface area contributed by atoms with Crippen LogP contribution in [0.1, 0.15) is 24.8 Å². The fourth-order valence-corrected chi connectivity index (χ4v) is 3.26. The molecule has 1 aliphatic rings. The standard InChI is InChI=1S/C17H24Cl2N2O4/c1-22-16(23-2)11-21-15(20)4-3-7-17(24-8-9-25-17)13-6-5-12(18)10-14(13)19/h5-6,10,16H,3-4,7-9,11H2,1-2H3,(H2,20,21). The van der Waals surface area contributed by atoms with Crippen LogP contribution in [0.4, 0.5) is 0 Å². The van der Waals surface area contributed by atoms with Gasteiger partial charge in [-0.25, -0.2) is 0 Å². The van der Waals surface area contributed by atoms with Gasteiger partial charge in [-0.15, -0.1) is 0 Å². The van der Waals surface area contributed by atoms with Crippen LogP contribution in [0.25, 0.3) is 0 Å². The van der Waals surface area contributed by atoms with Gasteiger partial charge in [0.2, 0.25) is 0 Å². The first-order valence-corrected chi connectivity index (χ1v) is 8.84. The fourth-order valence-electron chi connectivity index (χ4n) is 2.71. The van der Waals surface area contributed by atoms with Crippen LogP contribution < -0.4 is 5.73 Å². The van der Waals surface area contributed by atoms with Crippen LogP contribution in [0, 0.1) is 0 Å². The lowest BCUT2D eigenvalue weighted by Gasteiger charge is -2.29. The van der Waals surface area contributed by atoms with E-state index < -0.39 is 5.79 Å². The Bertz CT molecular complexity index is 588. The maximum Gasteiger partial charge on any atom is 0.196 e. The highest BCUT2D eigenvalue weighted by molar-refractivity contribution is 6.35. The zero-order valence-corrected chi connectivity index (χ0v) is 16.0. The molecule has 0 atom stereocenters. The number of nitrogens with zero attached hydrogens (tertiary/aromatic N) is 1.